The lowest BCUT2D eigenvalue weighted by Crippen LogP contribution is -2.26. The zero-order chi connectivity index (χ0) is 27.0. The Labute approximate surface area is 207 Å². The van der Waals surface area contributed by atoms with E-state index in [0.29, 0.717) is 25.0 Å². The third-order valence-corrected chi connectivity index (χ3v) is 4.92. The number of pyridine rings is 1. The fraction of sp³-hybridized carbons (Fsp3) is 0.481. The van der Waals surface area contributed by atoms with Crippen molar-refractivity contribution in [1.29, 1.82) is 0 Å². The molecule has 0 aliphatic rings. The van der Waals surface area contributed by atoms with Crippen LogP contribution in [0.2, 0.25) is 0 Å². The number of hydrogen-bond donors (Lipinski definition) is 1. The second-order valence-electron chi connectivity index (χ2n) is 7.52. The molecule has 194 valence electrons. The second kappa shape index (κ2) is 16.5. The quantitative estimate of drug-likeness (QED) is 0.325. The minimum Gasteiger partial charge on any atom is -0.346 e. The highest BCUT2D eigenvalue weighted by atomic mass is 19.4. The first-order chi connectivity index (χ1) is 16.5. The summed E-state index contributed by atoms with van der Waals surface area (Å²) in [6.07, 6.45) is 4.34. The number of allylic oxidation sites excluding steroid dienone is 5. The molecule has 1 N–H and O–H groups in total. The van der Waals surface area contributed by atoms with Crippen LogP contribution in [0.1, 0.15) is 60.2 Å². The summed E-state index contributed by atoms with van der Waals surface area (Å²) in [5.74, 6) is 0.765. The van der Waals surface area contributed by atoms with Crippen LogP contribution in [-0.2, 0) is 4.79 Å². The molecule has 2 aromatic rings. The molecule has 1 unspecified atom stereocenters. The Morgan fingerprint density at radius 2 is 1.86 bits per heavy atom. The highest BCUT2D eigenvalue weighted by Gasteiger charge is 2.32. The molecule has 0 aromatic carbocycles. The molecule has 1 amide bonds. The summed E-state index contributed by atoms with van der Waals surface area (Å²) in [6.45, 7) is 13.1. The van der Waals surface area contributed by atoms with Crippen LogP contribution in [0.5, 0.6) is 0 Å². The maximum atomic E-state index is 13.1. The van der Waals surface area contributed by atoms with Gasteiger partial charge in [0.05, 0.1) is 11.1 Å². The van der Waals surface area contributed by atoms with E-state index in [0.717, 1.165) is 23.1 Å². The summed E-state index contributed by atoms with van der Waals surface area (Å²) in [6, 6.07) is 3.85. The van der Waals surface area contributed by atoms with Gasteiger partial charge < -0.3 is 9.88 Å². The van der Waals surface area contributed by atoms with Gasteiger partial charge in [-0.3, -0.25) is 4.79 Å². The molecule has 2 aromatic heterocycles. The minimum atomic E-state index is -4.44. The summed E-state index contributed by atoms with van der Waals surface area (Å²) in [5, 5.41) is 0. The van der Waals surface area contributed by atoms with Crippen molar-refractivity contribution < 1.29 is 18.0 Å². The van der Waals surface area contributed by atoms with Crippen molar-refractivity contribution in [3.05, 3.63) is 65.3 Å². The van der Waals surface area contributed by atoms with E-state index in [4.69, 9.17) is 0 Å². The number of aryl methyl sites for hydroxylation is 1. The summed E-state index contributed by atoms with van der Waals surface area (Å²) < 4.78 is 39.2. The van der Waals surface area contributed by atoms with Crippen LogP contribution in [-0.4, -0.2) is 45.5 Å². The van der Waals surface area contributed by atoms with E-state index < -0.39 is 11.7 Å². The number of rotatable bonds is 7. The Morgan fingerprint density at radius 3 is 2.34 bits per heavy atom. The fourth-order valence-corrected chi connectivity index (χ4v) is 3.04. The first-order valence-corrected chi connectivity index (χ1v) is 11.9. The maximum Gasteiger partial charge on any atom is 0.423 e. The molecular formula is C27H39F3N4O. The predicted molar refractivity (Wildman–Crippen MR) is 138 cm³/mol. The van der Waals surface area contributed by atoms with E-state index in [9.17, 15) is 18.0 Å². The zero-order valence-corrected chi connectivity index (χ0v) is 22.1. The molecular weight excluding hydrogens is 453 g/mol. The summed E-state index contributed by atoms with van der Waals surface area (Å²) in [5.41, 5.74) is 4.05. The monoisotopic (exact) mass is 492 g/mol. The van der Waals surface area contributed by atoms with Gasteiger partial charge in [0.2, 0.25) is 5.91 Å². The zero-order valence-electron chi connectivity index (χ0n) is 22.1. The van der Waals surface area contributed by atoms with Crippen molar-refractivity contribution in [2.75, 3.05) is 13.6 Å². The lowest BCUT2D eigenvalue weighted by Gasteiger charge is -2.20. The van der Waals surface area contributed by atoms with Gasteiger partial charge in [-0.15, -0.1) is 5.73 Å². The SMILES string of the molecule is C/C=C\C(=C=C(/C=C\C)C(F)(F)F)C(CC)CCN(C)C(C)=O.CC.Cc1nc2ncccc2[nH]1. The molecule has 5 nitrogen and oxygen atoms in total. The summed E-state index contributed by atoms with van der Waals surface area (Å²) >= 11 is 0. The first kappa shape index (κ1) is 31.9. The van der Waals surface area contributed by atoms with Gasteiger partial charge in [0, 0.05) is 26.7 Å². The van der Waals surface area contributed by atoms with Crippen LogP contribution in [0.3, 0.4) is 0 Å². The third-order valence-electron chi connectivity index (χ3n) is 4.92. The Balaban J connectivity index is 0.000000783. The number of H-pyrrole nitrogens is 1. The van der Waals surface area contributed by atoms with Gasteiger partial charge >= 0.3 is 6.18 Å². The van der Waals surface area contributed by atoms with Crippen molar-refractivity contribution in [1.82, 2.24) is 19.9 Å². The largest absolute Gasteiger partial charge is 0.423 e. The van der Waals surface area contributed by atoms with Crippen LogP contribution in [0.25, 0.3) is 11.2 Å². The lowest BCUT2D eigenvalue weighted by molar-refractivity contribution is -0.127. The van der Waals surface area contributed by atoms with E-state index in [2.05, 4.69) is 20.7 Å². The van der Waals surface area contributed by atoms with E-state index in [1.165, 1.54) is 13.0 Å². The smallest absolute Gasteiger partial charge is 0.346 e. The Morgan fingerprint density at radius 1 is 1.23 bits per heavy atom. The maximum absolute atomic E-state index is 13.1. The summed E-state index contributed by atoms with van der Waals surface area (Å²) in [4.78, 5) is 24.1. The molecule has 35 heavy (non-hydrogen) atoms. The molecule has 2 heterocycles. The van der Waals surface area contributed by atoms with Gasteiger partial charge in [0.15, 0.2) is 5.65 Å². The highest BCUT2D eigenvalue weighted by molar-refractivity contribution is 5.72. The number of carbonyl (C=O) groups is 1. The van der Waals surface area contributed by atoms with Gasteiger partial charge in [0.1, 0.15) is 5.82 Å². The van der Waals surface area contributed by atoms with Crippen molar-refractivity contribution in [3.8, 4) is 0 Å². The summed E-state index contributed by atoms with van der Waals surface area (Å²) in [7, 11) is 1.69. The molecule has 2 rings (SSSR count). The number of fused-ring (bicyclic) bond motifs is 1. The molecule has 0 fully saturated rings. The van der Waals surface area contributed by atoms with Gasteiger partial charge in [-0.1, -0.05) is 39.0 Å². The van der Waals surface area contributed by atoms with Gasteiger partial charge in [-0.2, -0.15) is 13.2 Å². The molecule has 0 bridgehead atoms. The first-order valence-electron chi connectivity index (χ1n) is 11.9. The van der Waals surface area contributed by atoms with Crippen LogP contribution in [0, 0.1) is 12.8 Å². The molecule has 0 aliphatic carbocycles. The number of halogens is 3. The van der Waals surface area contributed by atoms with Gasteiger partial charge in [-0.05, 0) is 63.3 Å². The van der Waals surface area contributed by atoms with Crippen LogP contribution in [0.4, 0.5) is 13.2 Å². The molecule has 0 radical (unpaired) electrons. The highest BCUT2D eigenvalue weighted by Crippen LogP contribution is 2.28. The van der Waals surface area contributed by atoms with Crippen molar-refractivity contribution in [3.63, 3.8) is 0 Å². The molecule has 0 aliphatic heterocycles. The average molecular weight is 493 g/mol. The van der Waals surface area contributed by atoms with Crippen molar-refractivity contribution in [2.24, 2.45) is 5.92 Å². The van der Waals surface area contributed by atoms with E-state index >= 15 is 0 Å². The number of alkyl halides is 3. The van der Waals surface area contributed by atoms with Gasteiger partial charge in [-0.25, -0.2) is 9.97 Å². The van der Waals surface area contributed by atoms with Gasteiger partial charge in [0.25, 0.3) is 0 Å². The molecule has 1 atom stereocenters. The molecule has 0 saturated carbocycles. The minimum absolute atomic E-state index is 0.0585. The number of carbonyl (C=O) groups excluding carboxylic acids is 1. The number of nitrogens with zero attached hydrogens (tertiary/aromatic N) is 3. The number of nitrogens with one attached hydrogen (secondary N) is 1. The molecule has 0 spiro atoms. The Bertz CT molecular complexity index is 995. The standard InChI is InChI=1S/C18H26F3NO.C7H7N3.C2H6/c1-6-9-16(13-17(10-7-2)18(19,20)21)15(8-3)11-12-22(5)14(4)23;1-5-9-6-3-2-4-8-7(6)10-5;1-2/h6-7,9-10,15H,8,11-12H2,1-5H3;2-4H,1H3,(H,8,9,10);1-2H3/b9-6-,10-7-;;. The normalized spacial score (nSPS) is 11.9. The van der Waals surface area contributed by atoms with E-state index in [-0.39, 0.29) is 11.8 Å². The Kier molecular flexibility index (Phi) is 15.0. The third kappa shape index (κ3) is 11.7. The fourth-order valence-electron chi connectivity index (χ4n) is 3.04. The second-order valence-corrected chi connectivity index (χ2v) is 7.52. The molecule has 0 saturated heterocycles. The number of imidazole rings is 1. The molecule has 8 heteroatoms. The number of aromatic amines is 1. The van der Waals surface area contributed by atoms with Crippen molar-refractivity contribution >= 4 is 17.1 Å². The number of aromatic nitrogens is 3. The van der Waals surface area contributed by atoms with E-state index in [1.807, 2.05) is 39.8 Å². The number of hydrogen-bond acceptors (Lipinski definition) is 3. The van der Waals surface area contributed by atoms with Crippen LogP contribution < -0.4 is 0 Å². The van der Waals surface area contributed by atoms with Crippen molar-refractivity contribution in [2.45, 2.75) is 67.5 Å². The van der Waals surface area contributed by atoms with E-state index in [1.54, 1.807) is 44.1 Å². The lowest BCUT2D eigenvalue weighted by atomic mass is 9.92. The Hall–Kier alpha value is -3.12. The topological polar surface area (TPSA) is 61.9 Å². The number of amides is 1. The van der Waals surface area contributed by atoms with Crippen LogP contribution >= 0.6 is 0 Å². The van der Waals surface area contributed by atoms with Crippen LogP contribution in [0.15, 0.2) is 59.5 Å². The predicted octanol–water partition coefficient (Wildman–Crippen LogP) is 7.34. The average Bonchev–Trinajstić information content (AvgIpc) is 3.20.